The summed E-state index contributed by atoms with van der Waals surface area (Å²) in [4.78, 5) is 26.5. The molecule has 1 amide bonds. The highest BCUT2D eigenvalue weighted by Gasteiger charge is 2.39. The first-order chi connectivity index (χ1) is 13.8. The van der Waals surface area contributed by atoms with Crippen molar-refractivity contribution in [2.75, 3.05) is 50.8 Å². The van der Waals surface area contributed by atoms with Crippen molar-refractivity contribution in [3.63, 3.8) is 0 Å². The number of morpholine rings is 1. The molecule has 1 aliphatic carbocycles. The molecule has 7 heteroatoms. The molecule has 4 rings (SSSR count). The fraction of sp³-hybridized carbons (Fsp3) is 0.762. The maximum Gasteiger partial charge on any atom is 0.225 e. The second-order valence-electron chi connectivity index (χ2n) is 8.44. The SMILES string of the molecule is O=C(NCC1(N2CCOCC2)CCCCC1)C1CCCN(c2ncccn2)C1. The zero-order chi connectivity index (χ0) is 19.2. The number of rotatable bonds is 5. The molecule has 154 valence electrons. The molecule has 1 aromatic rings. The van der Waals surface area contributed by atoms with Gasteiger partial charge in [0.25, 0.3) is 0 Å². The Hall–Kier alpha value is -1.73. The number of piperidine rings is 1. The van der Waals surface area contributed by atoms with Gasteiger partial charge in [-0.15, -0.1) is 0 Å². The van der Waals surface area contributed by atoms with Crippen molar-refractivity contribution in [3.05, 3.63) is 18.5 Å². The Morgan fingerprint density at radius 3 is 2.61 bits per heavy atom. The first-order valence-electron chi connectivity index (χ1n) is 10.9. The van der Waals surface area contributed by atoms with E-state index in [2.05, 4.69) is 25.1 Å². The predicted octanol–water partition coefficient (Wildman–Crippen LogP) is 1.84. The summed E-state index contributed by atoms with van der Waals surface area (Å²) < 4.78 is 5.56. The zero-order valence-electron chi connectivity index (χ0n) is 16.8. The van der Waals surface area contributed by atoms with Crippen LogP contribution in [0.25, 0.3) is 0 Å². The summed E-state index contributed by atoms with van der Waals surface area (Å²) in [6.07, 6.45) is 11.7. The van der Waals surface area contributed by atoms with Crippen LogP contribution < -0.4 is 10.2 Å². The third-order valence-corrected chi connectivity index (χ3v) is 6.69. The second-order valence-corrected chi connectivity index (χ2v) is 8.44. The van der Waals surface area contributed by atoms with Gasteiger partial charge in [0, 0.05) is 50.7 Å². The molecule has 2 aliphatic heterocycles. The van der Waals surface area contributed by atoms with E-state index in [0.717, 1.165) is 58.2 Å². The Labute approximate surface area is 167 Å². The van der Waals surface area contributed by atoms with Crippen molar-refractivity contribution in [2.24, 2.45) is 5.92 Å². The lowest BCUT2D eigenvalue weighted by atomic mass is 9.79. The minimum absolute atomic E-state index is 0.0166. The molecule has 28 heavy (non-hydrogen) atoms. The Bertz CT molecular complexity index is 629. The number of ether oxygens (including phenoxy) is 1. The zero-order valence-corrected chi connectivity index (χ0v) is 16.8. The second kappa shape index (κ2) is 9.18. The number of hydrogen-bond acceptors (Lipinski definition) is 6. The lowest BCUT2D eigenvalue weighted by Gasteiger charge is -2.48. The molecular formula is C21H33N5O2. The molecule has 1 unspecified atom stereocenters. The summed E-state index contributed by atoms with van der Waals surface area (Å²) in [6.45, 7) is 5.99. The van der Waals surface area contributed by atoms with E-state index in [1.54, 1.807) is 12.4 Å². The number of carbonyl (C=O) groups is 1. The average Bonchev–Trinajstić information content (AvgIpc) is 2.79. The van der Waals surface area contributed by atoms with Crippen molar-refractivity contribution >= 4 is 11.9 Å². The Kier molecular flexibility index (Phi) is 6.42. The largest absolute Gasteiger partial charge is 0.379 e. The van der Waals surface area contributed by atoms with Crippen LogP contribution in [0, 0.1) is 5.92 Å². The first-order valence-corrected chi connectivity index (χ1v) is 10.9. The van der Waals surface area contributed by atoms with Gasteiger partial charge in [0.05, 0.1) is 19.1 Å². The molecule has 0 spiro atoms. The third-order valence-electron chi connectivity index (χ3n) is 6.69. The summed E-state index contributed by atoms with van der Waals surface area (Å²) in [6, 6.07) is 1.83. The van der Waals surface area contributed by atoms with Gasteiger partial charge in [0.1, 0.15) is 0 Å². The third kappa shape index (κ3) is 4.46. The van der Waals surface area contributed by atoms with Crippen molar-refractivity contribution in [3.8, 4) is 0 Å². The van der Waals surface area contributed by atoms with E-state index >= 15 is 0 Å². The molecule has 0 bridgehead atoms. The van der Waals surface area contributed by atoms with Crippen LogP contribution in [0.1, 0.15) is 44.9 Å². The van der Waals surface area contributed by atoms with Crippen LogP contribution in [0.5, 0.6) is 0 Å². The Morgan fingerprint density at radius 1 is 1.11 bits per heavy atom. The van der Waals surface area contributed by atoms with Gasteiger partial charge in [0.2, 0.25) is 11.9 Å². The maximum absolute atomic E-state index is 13.0. The number of anilines is 1. The van der Waals surface area contributed by atoms with Crippen LogP contribution in [0.2, 0.25) is 0 Å². The number of nitrogens with one attached hydrogen (secondary N) is 1. The van der Waals surface area contributed by atoms with Gasteiger partial charge < -0.3 is 15.0 Å². The van der Waals surface area contributed by atoms with E-state index in [-0.39, 0.29) is 17.4 Å². The van der Waals surface area contributed by atoms with Gasteiger partial charge in [-0.2, -0.15) is 0 Å². The summed E-state index contributed by atoms with van der Waals surface area (Å²) in [5, 5.41) is 3.34. The fourth-order valence-electron chi connectivity index (χ4n) is 5.08. The summed E-state index contributed by atoms with van der Waals surface area (Å²) in [5.41, 5.74) is 0.120. The van der Waals surface area contributed by atoms with Crippen molar-refractivity contribution in [1.29, 1.82) is 0 Å². The molecule has 0 radical (unpaired) electrons. The summed E-state index contributed by atoms with van der Waals surface area (Å²) in [5.74, 6) is 0.943. The van der Waals surface area contributed by atoms with Crippen molar-refractivity contribution < 1.29 is 9.53 Å². The van der Waals surface area contributed by atoms with E-state index < -0.39 is 0 Å². The standard InChI is InChI=1S/C21H33N5O2/c27-19(18-6-4-11-25(16-18)20-22-9-5-10-23-20)24-17-21(7-2-1-3-8-21)26-12-14-28-15-13-26/h5,9-10,18H,1-4,6-8,11-17H2,(H,24,27). The van der Waals surface area contributed by atoms with E-state index in [9.17, 15) is 4.79 Å². The van der Waals surface area contributed by atoms with Gasteiger partial charge in [-0.05, 0) is 31.7 Å². The molecule has 3 aliphatic rings. The van der Waals surface area contributed by atoms with Crippen molar-refractivity contribution in [2.45, 2.75) is 50.5 Å². The number of aromatic nitrogens is 2. The van der Waals surface area contributed by atoms with Gasteiger partial charge in [-0.25, -0.2) is 9.97 Å². The Balaban J connectivity index is 1.36. The van der Waals surface area contributed by atoms with Crippen LogP contribution in [0.3, 0.4) is 0 Å². The lowest BCUT2D eigenvalue weighted by molar-refractivity contribution is -0.126. The van der Waals surface area contributed by atoms with E-state index in [0.29, 0.717) is 6.54 Å². The van der Waals surface area contributed by atoms with E-state index in [1.165, 1.54) is 32.1 Å². The average molecular weight is 388 g/mol. The predicted molar refractivity (Wildman–Crippen MR) is 108 cm³/mol. The van der Waals surface area contributed by atoms with E-state index in [1.807, 2.05) is 6.07 Å². The topological polar surface area (TPSA) is 70.6 Å². The fourth-order valence-corrected chi connectivity index (χ4v) is 5.08. The van der Waals surface area contributed by atoms with Gasteiger partial charge in [-0.1, -0.05) is 19.3 Å². The van der Waals surface area contributed by atoms with E-state index in [4.69, 9.17) is 4.74 Å². The molecule has 0 aromatic carbocycles. The van der Waals surface area contributed by atoms with Crippen LogP contribution >= 0.6 is 0 Å². The number of carbonyl (C=O) groups excluding carboxylic acids is 1. The minimum Gasteiger partial charge on any atom is -0.379 e. The monoisotopic (exact) mass is 387 g/mol. The van der Waals surface area contributed by atoms with Gasteiger partial charge in [-0.3, -0.25) is 9.69 Å². The van der Waals surface area contributed by atoms with Crippen molar-refractivity contribution in [1.82, 2.24) is 20.2 Å². The molecule has 2 saturated heterocycles. The highest BCUT2D eigenvalue weighted by molar-refractivity contribution is 5.79. The normalized spacial score (nSPS) is 26.0. The van der Waals surface area contributed by atoms with Crippen LogP contribution in [0.15, 0.2) is 18.5 Å². The molecule has 7 nitrogen and oxygen atoms in total. The van der Waals surface area contributed by atoms with Crippen LogP contribution in [-0.2, 0) is 9.53 Å². The molecule has 3 fully saturated rings. The number of hydrogen-bond donors (Lipinski definition) is 1. The number of nitrogens with zero attached hydrogens (tertiary/aromatic N) is 4. The minimum atomic E-state index is 0.0166. The molecule has 1 aromatic heterocycles. The lowest BCUT2D eigenvalue weighted by Crippen LogP contribution is -2.60. The summed E-state index contributed by atoms with van der Waals surface area (Å²) in [7, 11) is 0. The summed E-state index contributed by atoms with van der Waals surface area (Å²) >= 11 is 0. The first kappa shape index (κ1) is 19.6. The van der Waals surface area contributed by atoms with Gasteiger partial charge >= 0.3 is 0 Å². The van der Waals surface area contributed by atoms with Crippen LogP contribution in [-0.4, -0.2) is 72.3 Å². The smallest absolute Gasteiger partial charge is 0.225 e. The van der Waals surface area contributed by atoms with Crippen LogP contribution in [0.4, 0.5) is 5.95 Å². The molecule has 1 N–H and O–H groups in total. The highest BCUT2D eigenvalue weighted by atomic mass is 16.5. The quantitative estimate of drug-likeness (QED) is 0.831. The molecular weight excluding hydrogens is 354 g/mol. The maximum atomic E-state index is 13.0. The highest BCUT2D eigenvalue weighted by Crippen LogP contribution is 2.34. The van der Waals surface area contributed by atoms with Gasteiger partial charge in [0.15, 0.2) is 0 Å². The molecule has 1 saturated carbocycles. The molecule has 1 atom stereocenters. The number of amides is 1. The Morgan fingerprint density at radius 2 is 1.86 bits per heavy atom. The molecule has 3 heterocycles.